The number of hydrogen-bond donors (Lipinski definition) is 1. The van der Waals surface area contributed by atoms with E-state index >= 15 is 0 Å². The quantitative estimate of drug-likeness (QED) is 0.453. The van der Waals surface area contributed by atoms with Crippen molar-refractivity contribution in [1.29, 1.82) is 5.26 Å². The highest BCUT2D eigenvalue weighted by molar-refractivity contribution is 6.33. The molecule has 162 valence electrons. The monoisotopic (exact) mass is 461 g/mol. The molecular formula is C20H11ClF3N5O3. The van der Waals surface area contributed by atoms with Crippen LogP contribution in [-0.2, 0) is 11.0 Å². The number of hydrogen-bond acceptors (Lipinski definition) is 6. The van der Waals surface area contributed by atoms with Crippen molar-refractivity contribution in [1.82, 2.24) is 19.5 Å². The summed E-state index contributed by atoms with van der Waals surface area (Å²) in [6.07, 6.45) is -2.74. The molecule has 0 aliphatic rings. The number of imidazole rings is 1. The second-order valence-corrected chi connectivity index (χ2v) is 7.16. The molecule has 1 aromatic carbocycles. The van der Waals surface area contributed by atoms with Crippen LogP contribution in [0.25, 0.3) is 28.6 Å². The maximum absolute atomic E-state index is 13.0. The Morgan fingerprint density at radius 1 is 1.25 bits per heavy atom. The van der Waals surface area contributed by atoms with Gasteiger partial charge in [0.05, 0.1) is 29.0 Å². The highest BCUT2D eigenvalue weighted by Gasteiger charge is 2.32. The number of carbonyl (C=O) groups is 1. The van der Waals surface area contributed by atoms with Crippen LogP contribution in [0.5, 0.6) is 0 Å². The number of pyridine rings is 1. The lowest BCUT2D eigenvalue weighted by molar-refractivity contribution is -0.138. The van der Waals surface area contributed by atoms with Crippen molar-refractivity contribution in [2.45, 2.75) is 18.5 Å². The van der Waals surface area contributed by atoms with Crippen molar-refractivity contribution in [3.05, 3.63) is 58.9 Å². The van der Waals surface area contributed by atoms with E-state index in [1.54, 1.807) is 24.3 Å². The summed E-state index contributed by atoms with van der Waals surface area (Å²) >= 11 is 5.94. The molecule has 1 atom stereocenters. The van der Waals surface area contributed by atoms with Crippen molar-refractivity contribution in [3.8, 4) is 29.0 Å². The average molecular weight is 462 g/mol. The van der Waals surface area contributed by atoms with E-state index in [4.69, 9.17) is 26.5 Å². The van der Waals surface area contributed by atoms with Crippen LogP contribution in [0.15, 0.2) is 47.2 Å². The summed E-state index contributed by atoms with van der Waals surface area (Å²) in [7, 11) is 0. The SMILES string of the molecule is N#CC(CC(=O)O)c1ccc(-c2noc(-c3cn4cc(C(F)(F)F)cc(Cl)c4n3)n2)cc1. The largest absolute Gasteiger partial charge is 0.481 e. The number of alkyl halides is 3. The fraction of sp³-hybridized carbons (Fsp3) is 0.150. The van der Waals surface area contributed by atoms with E-state index in [0.29, 0.717) is 11.1 Å². The van der Waals surface area contributed by atoms with E-state index in [2.05, 4.69) is 15.1 Å². The highest BCUT2D eigenvalue weighted by atomic mass is 35.5. The number of carboxylic acid groups (broad SMARTS) is 1. The van der Waals surface area contributed by atoms with Crippen LogP contribution in [0.2, 0.25) is 5.02 Å². The fourth-order valence-corrected chi connectivity index (χ4v) is 3.29. The first-order valence-electron chi connectivity index (χ1n) is 8.97. The van der Waals surface area contributed by atoms with Crippen molar-refractivity contribution >= 4 is 23.2 Å². The lowest BCUT2D eigenvalue weighted by atomic mass is 9.96. The maximum Gasteiger partial charge on any atom is 0.417 e. The first-order chi connectivity index (χ1) is 15.2. The van der Waals surface area contributed by atoms with Gasteiger partial charge in [-0.05, 0) is 11.6 Å². The van der Waals surface area contributed by atoms with Crippen molar-refractivity contribution in [2.24, 2.45) is 0 Å². The molecule has 0 aliphatic heterocycles. The van der Waals surface area contributed by atoms with Gasteiger partial charge in [-0.1, -0.05) is 41.0 Å². The second kappa shape index (κ2) is 7.97. The number of rotatable bonds is 5. The first kappa shape index (κ1) is 21.3. The summed E-state index contributed by atoms with van der Waals surface area (Å²) in [6.45, 7) is 0. The standard InChI is InChI=1S/C20H11ClF3N5O3/c21-14-6-13(20(22,23)24)8-29-9-15(26-18(14)29)19-27-17(28-32-19)11-3-1-10(2-4-11)12(7-25)5-16(30)31/h1-4,6,8-9,12H,5H2,(H,30,31). The van der Waals surface area contributed by atoms with E-state index in [1.165, 1.54) is 6.20 Å². The molecule has 0 fully saturated rings. The Hall–Kier alpha value is -3.91. The topological polar surface area (TPSA) is 117 Å². The number of fused-ring (bicyclic) bond motifs is 1. The molecule has 0 saturated heterocycles. The summed E-state index contributed by atoms with van der Waals surface area (Å²) in [5.74, 6) is -1.74. The molecule has 0 radical (unpaired) electrons. The van der Waals surface area contributed by atoms with E-state index in [-0.39, 0.29) is 34.5 Å². The number of nitriles is 1. The number of halogens is 4. The normalized spacial score (nSPS) is 12.6. The molecule has 8 nitrogen and oxygen atoms in total. The molecule has 4 rings (SSSR count). The van der Waals surface area contributed by atoms with E-state index in [0.717, 1.165) is 16.7 Å². The third-order valence-corrected chi connectivity index (χ3v) is 4.86. The third kappa shape index (κ3) is 4.13. The van der Waals surface area contributed by atoms with Crippen molar-refractivity contribution < 1.29 is 27.6 Å². The summed E-state index contributed by atoms with van der Waals surface area (Å²) < 4.78 is 45.3. The van der Waals surface area contributed by atoms with E-state index < -0.39 is 23.6 Å². The van der Waals surface area contributed by atoms with Crippen LogP contribution in [0.3, 0.4) is 0 Å². The van der Waals surface area contributed by atoms with Crippen molar-refractivity contribution in [3.63, 3.8) is 0 Å². The van der Waals surface area contributed by atoms with Gasteiger partial charge >= 0.3 is 12.1 Å². The Balaban J connectivity index is 1.63. The first-order valence-corrected chi connectivity index (χ1v) is 9.35. The van der Waals surface area contributed by atoms with Crippen LogP contribution < -0.4 is 0 Å². The Morgan fingerprint density at radius 3 is 2.59 bits per heavy atom. The summed E-state index contributed by atoms with van der Waals surface area (Å²) in [5, 5.41) is 21.7. The van der Waals surface area contributed by atoms with Crippen LogP contribution in [0.4, 0.5) is 13.2 Å². The van der Waals surface area contributed by atoms with Gasteiger partial charge in [0, 0.05) is 18.0 Å². The molecule has 32 heavy (non-hydrogen) atoms. The smallest absolute Gasteiger partial charge is 0.417 e. The van der Waals surface area contributed by atoms with Gasteiger partial charge in [0.15, 0.2) is 5.65 Å². The van der Waals surface area contributed by atoms with Crippen molar-refractivity contribution in [2.75, 3.05) is 0 Å². The summed E-state index contributed by atoms with van der Waals surface area (Å²) in [5.41, 5.74) is 0.353. The lowest BCUT2D eigenvalue weighted by Gasteiger charge is -2.07. The average Bonchev–Trinajstić information content (AvgIpc) is 3.39. The molecule has 4 aromatic rings. The summed E-state index contributed by atoms with van der Waals surface area (Å²) in [4.78, 5) is 19.2. The number of carboxylic acids is 1. The molecular weight excluding hydrogens is 451 g/mol. The van der Waals surface area contributed by atoms with Gasteiger partial charge in [0.1, 0.15) is 5.69 Å². The van der Waals surface area contributed by atoms with Crippen LogP contribution >= 0.6 is 11.6 Å². The molecule has 0 spiro atoms. The number of benzene rings is 1. The predicted octanol–water partition coefficient (Wildman–Crippen LogP) is 4.81. The molecule has 12 heteroatoms. The number of nitrogens with zero attached hydrogens (tertiary/aromatic N) is 5. The van der Waals surface area contributed by atoms with Gasteiger partial charge < -0.3 is 14.0 Å². The highest BCUT2D eigenvalue weighted by Crippen LogP contribution is 2.33. The number of aliphatic carboxylic acids is 1. The molecule has 0 amide bonds. The maximum atomic E-state index is 13.0. The van der Waals surface area contributed by atoms with Gasteiger partial charge in [-0.25, -0.2) is 4.98 Å². The van der Waals surface area contributed by atoms with Crippen LogP contribution in [-0.4, -0.2) is 30.6 Å². The zero-order chi connectivity index (χ0) is 23.0. The van der Waals surface area contributed by atoms with Gasteiger partial charge in [-0.15, -0.1) is 0 Å². The molecule has 3 heterocycles. The Morgan fingerprint density at radius 2 is 1.97 bits per heavy atom. The molecule has 1 unspecified atom stereocenters. The molecule has 0 bridgehead atoms. The van der Waals surface area contributed by atoms with Crippen LogP contribution in [0, 0.1) is 11.3 Å². The van der Waals surface area contributed by atoms with Gasteiger partial charge in [-0.3, -0.25) is 4.79 Å². The molecule has 3 aromatic heterocycles. The predicted molar refractivity (Wildman–Crippen MR) is 105 cm³/mol. The number of aromatic nitrogens is 4. The third-order valence-electron chi connectivity index (χ3n) is 4.58. The second-order valence-electron chi connectivity index (χ2n) is 6.76. The lowest BCUT2D eigenvalue weighted by Crippen LogP contribution is -2.06. The van der Waals surface area contributed by atoms with Crippen LogP contribution in [0.1, 0.15) is 23.5 Å². The minimum Gasteiger partial charge on any atom is -0.481 e. The van der Waals surface area contributed by atoms with Gasteiger partial charge in [0.25, 0.3) is 5.89 Å². The molecule has 0 saturated carbocycles. The Bertz CT molecular complexity index is 1360. The minimum absolute atomic E-state index is 0.0295. The Kier molecular flexibility index (Phi) is 5.31. The summed E-state index contributed by atoms with van der Waals surface area (Å²) in [6, 6.07) is 9.11. The van der Waals surface area contributed by atoms with Gasteiger partial charge in [0.2, 0.25) is 5.82 Å². The van der Waals surface area contributed by atoms with E-state index in [1.807, 2.05) is 6.07 Å². The zero-order valence-corrected chi connectivity index (χ0v) is 16.6. The minimum atomic E-state index is -4.57. The van der Waals surface area contributed by atoms with Gasteiger partial charge in [-0.2, -0.15) is 23.4 Å². The van der Waals surface area contributed by atoms with E-state index in [9.17, 15) is 18.0 Å². The molecule has 1 N–H and O–H groups in total. The Labute approximate surface area is 182 Å². The molecule has 0 aliphatic carbocycles. The fourth-order valence-electron chi connectivity index (χ4n) is 3.04. The zero-order valence-electron chi connectivity index (χ0n) is 15.8.